The van der Waals surface area contributed by atoms with Crippen LogP contribution in [-0.2, 0) is 38.0 Å². The maximum atomic E-state index is 13.1. The number of aliphatic hydroxyl groups is 7. The number of carbonyl (C=O) groups is 2. The summed E-state index contributed by atoms with van der Waals surface area (Å²) in [4.78, 5) is 25.9. The van der Waals surface area contributed by atoms with Gasteiger partial charge in [0, 0.05) is 12.8 Å². The fourth-order valence-electron chi connectivity index (χ4n) is 9.68. The number of unbranched alkanes of at least 4 members (excludes halogenated alkanes) is 31. The van der Waals surface area contributed by atoms with Crippen molar-refractivity contribution in [1.29, 1.82) is 0 Å². The van der Waals surface area contributed by atoms with Crippen molar-refractivity contribution in [2.45, 2.75) is 319 Å². The molecule has 0 amide bonds. The lowest BCUT2D eigenvalue weighted by molar-refractivity contribution is -0.332. The lowest BCUT2D eigenvalue weighted by atomic mass is 9.98. The zero-order valence-corrected chi connectivity index (χ0v) is 47.0. The Kier molecular flexibility index (Phi) is 43.2. The zero-order chi connectivity index (χ0) is 54.6. The molecule has 0 aromatic carbocycles. The van der Waals surface area contributed by atoms with Gasteiger partial charge in [-0.15, -0.1) is 0 Å². The van der Waals surface area contributed by atoms with Crippen molar-refractivity contribution in [3.8, 4) is 0 Å². The number of allylic oxidation sites excluding steroid dienone is 4. The molecule has 0 aromatic rings. The van der Waals surface area contributed by atoms with Gasteiger partial charge in [0.25, 0.3) is 0 Å². The van der Waals surface area contributed by atoms with E-state index < -0.39 is 92.7 Å². The summed E-state index contributed by atoms with van der Waals surface area (Å²) >= 11 is 0. The predicted molar refractivity (Wildman–Crippen MR) is 294 cm³/mol. The van der Waals surface area contributed by atoms with Crippen LogP contribution in [0.5, 0.6) is 0 Å². The van der Waals surface area contributed by atoms with Gasteiger partial charge in [0.2, 0.25) is 0 Å². The summed E-state index contributed by atoms with van der Waals surface area (Å²) in [5.74, 6) is -0.921. The molecule has 2 aliphatic rings. The first kappa shape index (κ1) is 69.1. The highest BCUT2D eigenvalue weighted by Crippen LogP contribution is 2.27. The first-order chi connectivity index (χ1) is 36.5. The molecule has 75 heavy (non-hydrogen) atoms. The van der Waals surface area contributed by atoms with Crippen molar-refractivity contribution >= 4 is 11.9 Å². The van der Waals surface area contributed by atoms with E-state index in [0.717, 1.165) is 51.4 Å². The van der Waals surface area contributed by atoms with Gasteiger partial charge in [0.15, 0.2) is 18.7 Å². The van der Waals surface area contributed by atoms with E-state index in [9.17, 15) is 45.3 Å². The van der Waals surface area contributed by atoms with Crippen LogP contribution in [0.2, 0.25) is 0 Å². The van der Waals surface area contributed by atoms with E-state index in [2.05, 4.69) is 38.2 Å². The van der Waals surface area contributed by atoms with Crippen molar-refractivity contribution in [2.24, 2.45) is 0 Å². The molecule has 2 saturated heterocycles. The van der Waals surface area contributed by atoms with Crippen molar-refractivity contribution in [2.75, 3.05) is 26.4 Å². The summed E-state index contributed by atoms with van der Waals surface area (Å²) in [6.07, 6.45) is 34.8. The van der Waals surface area contributed by atoms with Gasteiger partial charge in [-0.1, -0.05) is 199 Å². The number of aliphatic hydroxyl groups excluding tert-OH is 7. The van der Waals surface area contributed by atoms with E-state index in [4.69, 9.17) is 28.4 Å². The molecular formula is C60H110O15. The SMILES string of the molecule is CCCCCCCCC/C=C\CCCCCCCCCC(=O)OCC(COC1OC(COC2OC(CO)C(O)C(O)C2O)C(O)C(O)C1O)OC(=O)CCCCCCCCCCC/C=C\CCCCCCCCCC. The monoisotopic (exact) mass is 1070 g/mol. The van der Waals surface area contributed by atoms with Crippen LogP contribution in [0, 0.1) is 0 Å². The standard InChI is InChI=1S/C60H110O15/c1-3-5-7-9-11-13-15-17-19-21-23-24-25-27-29-31-33-35-37-39-41-43-52(63)73-48(45-70-51(62)42-40-38-36-34-32-30-28-26-22-20-18-16-14-12-10-8-6-4-2)46-71-59-58(69)56(67)54(65)50(75-59)47-72-60-57(68)55(66)53(64)49(44-61)74-60/h20-23,48-50,53-61,64-69H,3-19,24-47H2,1-2H3/b22-20-,23-21-. The molecule has 15 heteroatoms. The van der Waals surface area contributed by atoms with Crippen molar-refractivity contribution in [3.05, 3.63) is 24.3 Å². The zero-order valence-electron chi connectivity index (χ0n) is 47.0. The van der Waals surface area contributed by atoms with Gasteiger partial charge in [-0.25, -0.2) is 0 Å². The summed E-state index contributed by atoms with van der Waals surface area (Å²) in [5, 5.41) is 72.3. The molecule has 440 valence electrons. The van der Waals surface area contributed by atoms with Crippen LogP contribution in [-0.4, -0.2) is 142 Å². The molecule has 7 N–H and O–H groups in total. The molecule has 0 bridgehead atoms. The number of hydrogen-bond acceptors (Lipinski definition) is 15. The molecule has 2 rings (SSSR count). The maximum Gasteiger partial charge on any atom is 0.306 e. The molecule has 2 aliphatic heterocycles. The van der Waals surface area contributed by atoms with Crippen LogP contribution in [0.25, 0.3) is 0 Å². The maximum absolute atomic E-state index is 13.1. The first-order valence-corrected chi connectivity index (χ1v) is 30.4. The molecule has 0 radical (unpaired) electrons. The number of rotatable bonds is 49. The minimum Gasteiger partial charge on any atom is -0.462 e. The third-order valence-corrected chi connectivity index (χ3v) is 14.7. The molecule has 0 aliphatic carbocycles. The van der Waals surface area contributed by atoms with Crippen molar-refractivity contribution in [3.63, 3.8) is 0 Å². The minimum atomic E-state index is -1.76. The molecule has 11 atom stereocenters. The largest absolute Gasteiger partial charge is 0.462 e. The van der Waals surface area contributed by atoms with Gasteiger partial charge in [0.1, 0.15) is 55.4 Å². The van der Waals surface area contributed by atoms with Gasteiger partial charge >= 0.3 is 11.9 Å². The summed E-state index contributed by atoms with van der Waals surface area (Å²) in [6, 6.07) is 0. The van der Waals surface area contributed by atoms with Crippen LogP contribution in [0.15, 0.2) is 24.3 Å². The second kappa shape index (κ2) is 46.9. The van der Waals surface area contributed by atoms with E-state index in [1.165, 1.54) is 161 Å². The van der Waals surface area contributed by atoms with Crippen molar-refractivity contribution in [1.82, 2.24) is 0 Å². The molecule has 0 spiro atoms. The Morgan fingerprint density at radius 1 is 0.413 bits per heavy atom. The van der Waals surface area contributed by atoms with Crippen LogP contribution in [0.1, 0.15) is 251 Å². The molecule has 15 nitrogen and oxygen atoms in total. The number of hydrogen-bond donors (Lipinski definition) is 7. The topological polar surface area (TPSA) is 231 Å². The average Bonchev–Trinajstić information content (AvgIpc) is 3.40. The average molecular weight is 1070 g/mol. The van der Waals surface area contributed by atoms with Gasteiger partial charge in [-0.2, -0.15) is 0 Å². The minimum absolute atomic E-state index is 0.165. The van der Waals surface area contributed by atoms with Crippen LogP contribution < -0.4 is 0 Å². The third-order valence-electron chi connectivity index (χ3n) is 14.7. The van der Waals surface area contributed by atoms with Crippen molar-refractivity contribution < 1.29 is 73.8 Å². The Bertz CT molecular complexity index is 1400. The fraction of sp³-hybridized carbons (Fsp3) is 0.900. The van der Waals surface area contributed by atoms with Crippen LogP contribution in [0.4, 0.5) is 0 Å². The highest BCUT2D eigenvalue weighted by molar-refractivity contribution is 5.70. The summed E-state index contributed by atoms with van der Waals surface area (Å²) in [5.41, 5.74) is 0. The van der Waals surface area contributed by atoms with Crippen LogP contribution in [0.3, 0.4) is 0 Å². The van der Waals surface area contributed by atoms with E-state index in [1.54, 1.807) is 0 Å². The Morgan fingerprint density at radius 2 is 0.760 bits per heavy atom. The Balaban J connectivity index is 1.74. The predicted octanol–water partition coefficient (Wildman–Crippen LogP) is 10.7. The molecule has 2 heterocycles. The molecule has 0 saturated carbocycles. The van der Waals surface area contributed by atoms with Crippen LogP contribution >= 0.6 is 0 Å². The highest BCUT2D eigenvalue weighted by atomic mass is 16.7. The first-order valence-electron chi connectivity index (χ1n) is 30.4. The summed E-state index contributed by atoms with van der Waals surface area (Å²) in [6.45, 7) is 2.63. The van der Waals surface area contributed by atoms with E-state index in [0.29, 0.717) is 12.8 Å². The van der Waals surface area contributed by atoms with Gasteiger partial charge in [0.05, 0.1) is 19.8 Å². The van der Waals surface area contributed by atoms with Gasteiger partial charge in [-0.05, 0) is 64.2 Å². The van der Waals surface area contributed by atoms with E-state index in [-0.39, 0.29) is 26.1 Å². The van der Waals surface area contributed by atoms with E-state index >= 15 is 0 Å². The molecular weight excluding hydrogens is 961 g/mol. The number of esters is 2. The molecule has 11 unspecified atom stereocenters. The third kappa shape index (κ3) is 33.9. The molecule has 0 aromatic heterocycles. The van der Waals surface area contributed by atoms with Gasteiger partial charge in [-0.3, -0.25) is 9.59 Å². The number of ether oxygens (including phenoxy) is 6. The quantitative estimate of drug-likeness (QED) is 0.0171. The lowest BCUT2D eigenvalue weighted by Gasteiger charge is -2.42. The Hall–Kier alpha value is -2.02. The second-order valence-electron chi connectivity index (χ2n) is 21.5. The van der Waals surface area contributed by atoms with E-state index in [1.807, 2.05) is 0 Å². The lowest BCUT2D eigenvalue weighted by Crippen LogP contribution is -2.61. The molecule has 2 fully saturated rings. The smallest absolute Gasteiger partial charge is 0.306 e. The summed E-state index contributed by atoms with van der Waals surface area (Å²) in [7, 11) is 0. The second-order valence-corrected chi connectivity index (χ2v) is 21.5. The number of carbonyl (C=O) groups excluding carboxylic acids is 2. The van der Waals surface area contributed by atoms with Gasteiger partial charge < -0.3 is 64.2 Å². The fourth-order valence-corrected chi connectivity index (χ4v) is 9.68. The highest BCUT2D eigenvalue weighted by Gasteiger charge is 2.47. The summed E-state index contributed by atoms with van der Waals surface area (Å²) < 4.78 is 33.7. The normalized spacial score (nSPS) is 24.6. The Morgan fingerprint density at radius 3 is 1.17 bits per heavy atom. The Labute approximate surface area is 453 Å².